The SMILES string of the molecule is CC(C)(C)C=C(c1ccccc1)[N+](=O)[O-]. The molecule has 0 radical (unpaired) electrons. The Kier molecular flexibility index (Phi) is 3.24. The molecule has 1 aromatic carbocycles. The van der Waals surface area contributed by atoms with Crippen molar-refractivity contribution in [3.05, 3.63) is 52.1 Å². The molecule has 1 aromatic rings. The van der Waals surface area contributed by atoms with Crippen LogP contribution in [-0.4, -0.2) is 4.92 Å². The highest BCUT2D eigenvalue weighted by Crippen LogP contribution is 2.23. The Balaban J connectivity index is 3.16. The molecule has 0 aliphatic rings. The molecule has 3 heteroatoms. The Bertz CT molecular complexity index is 374. The third kappa shape index (κ3) is 3.54. The molecule has 0 atom stereocenters. The Morgan fingerprint density at radius 1 is 1.27 bits per heavy atom. The third-order valence-electron chi connectivity index (χ3n) is 1.84. The zero-order valence-corrected chi connectivity index (χ0v) is 9.23. The van der Waals surface area contributed by atoms with E-state index >= 15 is 0 Å². The van der Waals surface area contributed by atoms with Crippen LogP contribution in [0.1, 0.15) is 26.3 Å². The number of nitro groups is 1. The van der Waals surface area contributed by atoms with Gasteiger partial charge in [-0.25, -0.2) is 0 Å². The molecule has 15 heavy (non-hydrogen) atoms. The Hall–Kier alpha value is -1.64. The molecule has 0 saturated heterocycles. The predicted octanol–water partition coefficient (Wildman–Crippen LogP) is 3.35. The van der Waals surface area contributed by atoms with Crippen molar-refractivity contribution >= 4 is 5.70 Å². The minimum absolute atomic E-state index is 0.170. The van der Waals surface area contributed by atoms with E-state index in [1.54, 1.807) is 30.3 Å². The molecule has 0 bridgehead atoms. The van der Waals surface area contributed by atoms with E-state index in [1.807, 2.05) is 26.8 Å². The minimum Gasteiger partial charge on any atom is -0.258 e. The van der Waals surface area contributed by atoms with E-state index in [0.717, 1.165) is 0 Å². The highest BCUT2D eigenvalue weighted by atomic mass is 16.6. The van der Waals surface area contributed by atoms with Crippen molar-refractivity contribution < 1.29 is 4.92 Å². The Morgan fingerprint density at radius 2 is 1.80 bits per heavy atom. The molecule has 3 nitrogen and oxygen atoms in total. The van der Waals surface area contributed by atoms with Crippen LogP contribution in [0.4, 0.5) is 0 Å². The van der Waals surface area contributed by atoms with Crippen molar-refractivity contribution in [2.24, 2.45) is 5.41 Å². The summed E-state index contributed by atoms with van der Waals surface area (Å²) in [5, 5.41) is 10.9. The number of hydrogen-bond acceptors (Lipinski definition) is 2. The van der Waals surface area contributed by atoms with Gasteiger partial charge in [0.15, 0.2) is 0 Å². The molecule has 0 heterocycles. The first-order valence-corrected chi connectivity index (χ1v) is 4.83. The van der Waals surface area contributed by atoms with Crippen LogP contribution in [0.5, 0.6) is 0 Å². The summed E-state index contributed by atoms with van der Waals surface area (Å²) in [6.45, 7) is 5.83. The van der Waals surface area contributed by atoms with Crippen LogP contribution in [0.15, 0.2) is 36.4 Å². The van der Waals surface area contributed by atoms with Crippen molar-refractivity contribution in [1.82, 2.24) is 0 Å². The average molecular weight is 205 g/mol. The Labute approximate surface area is 89.6 Å². The smallest absolute Gasteiger partial charge is 0.258 e. The summed E-state index contributed by atoms with van der Waals surface area (Å²) < 4.78 is 0. The lowest BCUT2D eigenvalue weighted by Gasteiger charge is -2.11. The predicted molar refractivity (Wildman–Crippen MR) is 60.9 cm³/mol. The summed E-state index contributed by atoms with van der Waals surface area (Å²) in [7, 11) is 0. The van der Waals surface area contributed by atoms with Gasteiger partial charge >= 0.3 is 0 Å². The largest absolute Gasteiger partial charge is 0.273 e. The maximum atomic E-state index is 10.9. The maximum Gasteiger partial charge on any atom is 0.273 e. The zero-order chi connectivity index (χ0) is 11.5. The van der Waals surface area contributed by atoms with Gasteiger partial charge in [0.25, 0.3) is 5.70 Å². The summed E-state index contributed by atoms with van der Waals surface area (Å²) in [4.78, 5) is 10.6. The number of hydrogen-bond donors (Lipinski definition) is 0. The van der Waals surface area contributed by atoms with Crippen molar-refractivity contribution in [2.75, 3.05) is 0 Å². The summed E-state index contributed by atoms with van der Waals surface area (Å²) in [6.07, 6.45) is 1.68. The molecule has 0 aliphatic carbocycles. The fourth-order valence-electron chi connectivity index (χ4n) is 1.26. The zero-order valence-electron chi connectivity index (χ0n) is 9.23. The van der Waals surface area contributed by atoms with E-state index in [1.165, 1.54) is 0 Å². The average Bonchev–Trinajstić information content (AvgIpc) is 2.14. The van der Waals surface area contributed by atoms with Gasteiger partial charge in [0.1, 0.15) is 0 Å². The molecule has 0 aromatic heterocycles. The maximum absolute atomic E-state index is 10.9. The second kappa shape index (κ2) is 4.26. The van der Waals surface area contributed by atoms with E-state index in [-0.39, 0.29) is 16.0 Å². The number of nitrogens with zero attached hydrogens (tertiary/aromatic N) is 1. The monoisotopic (exact) mass is 205 g/mol. The van der Waals surface area contributed by atoms with E-state index in [2.05, 4.69) is 0 Å². The second-order valence-corrected chi connectivity index (χ2v) is 4.52. The molecule has 0 amide bonds. The van der Waals surface area contributed by atoms with Crippen LogP contribution in [0.2, 0.25) is 0 Å². The summed E-state index contributed by atoms with van der Waals surface area (Å²) in [6, 6.07) is 8.95. The van der Waals surface area contributed by atoms with Crippen molar-refractivity contribution in [2.45, 2.75) is 20.8 Å². The highest BCUT2D eigenvalue weighted by Gasteiger charge is 2.18. The molecule has 0 N–H and O–H groups in total. The normalized spacial score (nSPS) is 12.6. The number of rotatable bonds is 2. The Morgan fingerprint density at radius 3 is 2.20 bits per heavy atom. The van der Waals surface area contributed by atoms with E-state index in [0.29, 0.717) is 5.56 Å². The van der Waals surface area contributed by atoms with Crippen molar-refractivity contribution in [3.63, 3.8) is 0 Å². The van der Waals surface area contributed by atoms with Crippen LogP contribution in [0, 0.1) is 15.5 Å². The molecular formula is C12H15NO2. The fraction of sp³-hybridized carbons (Fsp3) is 0.333. The number of benzene rings is 1. The van der Waals surface area contributed by atoms with Gasteiger partial charge < -0.3 is 0 Å². The standard InChI is InChI=1S/C12H15NO2/c1-12(2,3)9-11(13(14)15)10-7-5-4-6-8-10/h4-9H,1-3H3. The molecule has 0 saturated carbocycles. The first kappa shape index (κ1) is 11.4. The highest BCUT2D eigenvalue weighted by molar-refractivity contribution is 5.58. The minimum atomic E-state index is -0.333. The summed E-state index contributed by atoms with van der Waals surface area (Å²) >= 11 is 0. The lowest BCUT2D eigenvalue weighted by Crippen LogP contribution is -2.06. The summed E-state index contributed by atoms with van der Waals surface area (Å²) in [5.74, 6) is 0. The molecule has 0 aliphatic heterocycles. The van der Waals surface area contributed by atoms with E-state index in [9.17, 15) is 10.1 Å². The van der Waals surface area contributed by atoms with Gasteiger partial charge in [0.05, 0.1) is 10.5 Å². The third-order valence-corrected chi connectivity index (χ3v) is 1.84. The molecule has 80 valence electrons. The molecule has 1 rings (SSSR count). The summed E-state index contributed by atoms with van der Waals surface area (Å²) in [5.41, 5.74) is 0.624. The first-order chi connectivity index (χ1) is 6.90. The van der Waals surface area contributed by atoms with Gasteiger partial charge in [0, 0.05) is 0 Å². The topological polar surface area (TPSA) is 43.1 Å². The lowest BCUT2D eigenvalue weighted by molar-refractivity contribution is -0.376. The van der Waals surface area contributed by atoms with Crippen LogP contribution >= 0.6 is 0 Å². The molecule has 0 spiro atoms. The second-order valence-electron chi connectivity index (χ2n) is 4.52. The van der Waals surface area contributed by atoms with E-state index in [4.69, 9.17) is 0 Å². The molecular weight excluding hydrogens is 190 g/mol. The fourth-order valence-corrected chi connectivity index (χ4v) is 1.26. The lowest BCUT2D eigenvalue weighted by atomic mass is 9.94. The van der Waals surface area contributed by atoms with Gasteiger partial charge in [-0.15, -0.1) is 0 Å². The van der Waals surface area contributed by atoms with Gasteiger partial charge in [-0.05, 0) is 23.6 Å². The van der Waals surface area contributed by atoms with Crippen LogP contribution in [0.25, 0.3) is 5.70 Å². The molecule has 0 fully saturated rings. The first-order valence-electron chi connectivity index (χ1n) is 4.83. The van der Waals surface area contributed by atoms with E-state index < -0.39 is 0 Å². The van der Waals surface area contributed by atoms with Gasteiger partial charge in [-0.1, -0.05) is 39.0 Å². The quantitative estimate of drug-likeness (QED) is 0.549. The molecule has 0 unspecified atom stereocenters. The van der Waals surface area contributed by atoms with Crippen molar-refractivity contribution in [3.8, 4) is 0 Å². The van der Waals surface area contributed by atoms with Gasteiger partial charge in [-0.3, -0.25) is 10.1 Å². The van der Waals surface area contributed by atoms with Crippen LogP contribution in [0.3, 0.4) is 0 Å². The number of allylic oxidation sites excluding steroid dienone is 1. The van der Waals surface area contributed by atoms with Gasteiger partial charge in [0.2, 0.25) is 0 Å². The van der Waals surface area contributed by atoms with Crippen LogP contribution in [-0.2, 0) is 0 Å². The van der Waals surface area contributed by atoms with Gasteiger partial charge in [-0.2, -0.15) is 0 Å². The van der Waals surface area contributed by atoms with Crippen LogP contribution < -0.4 is 0 Å². The van der Waals surface area contributed by atoms with Crippen molar-refractivity contribution in [1.29, 1.82) is 0 Å².